The van der Waals surface area contributed by atoms with Gasteiger partial charge in [-0.15, -0.1) is 0 Å². The van der Waals surface area contributed by atoms with Gasteiger partial charge in [0, 0.05) is 0 Å². The van der Waals surface area contributed by atoms with Crippen LogP contribution in [-0.4, -0.2) is 17.9 Å². The fourth-order valence-corrected chi connectivity index (χ4v) is 4.70. The Morgan fingerprint density at radius 2 is 2.10 bits per heavy atom. The zero-order valence-corrected chi connectivity index (χ0v) is 12.2. The van der Waals surface area contributed by atoms with Crippen LogP contribution in [0, 0.1) is 0 Å². The second-order valence-electron chi connectivity index (χ2n) is 1.28. The predicted octanol–water partition coefficient (Wildman–Crippen LogP) is -2.72. The average Bonchev–Trinajstić information content (AvgIpc) is 1.83. The minimum atomic E-state index is -3.47. The second kappa shape index (κ2) is 4.94. The summed E-state index contributed by atoms with van der Waals surface area (Å²) < 4.78 is 22.5. The van der Waals surface area contributed by atoms with Gasteiger partial charge in [0.15, 0.2) is 0 Å². The summed E-state index contributed by atoms with van der Waals surface area (Å²) in [5, 5.41) is 4.86. The van der Waals surface area contributed by atoms with Gasteiger partial charge in [-0.05, 0) is 0 Å². The maximum absolute atomic E-state index is 10.6. The first kappa shape index (κ1) is 12.1. The summed E-state index contributed by atoms with van der Waals surface area (Å²) in [6.45, 7) is 0. The van der Waals surface area contributed by atoms with Gasteiger partial charge < -0.3 is 0 Å². The molecule has 0 saturated heterocycles. The Morgan fingerprint density at radius 3 is 2.20 bits per heavy atom. The number of nitrogens with two attached hydrogens (primary N) is 1. The Kier molecular flexibility index (Phi) is 5.95. The second-order valence-corrected chi connectivity index (χ2v) is 10.4. The van der Waals surface area contributed by atoms with E-state index in [0.717, 1.165) is 0 Å². The van der Waals surface area contributed by atoms with Crippen molar-refractivity contribution in [1.29, 1.82) is 0 Å². The molecule has 10 heavy (non-hydrogen) atoms. The van der Waals surface area contributed by atoms with Crippen molar-refractivity contribution >= 4 is 55.7 Å². The summed E-state index contributed by atoms with van der Waals surface area (Å²) in [6.07, 6.45) is 0. The minimum absolute atomic E-state index is 0.0481. The quantitative estimate of drug-likeness (QED) is 0.197. The van der Waals surface area contributed by atoms with E-state index in [4.69, 9.17) is 5.14 Å². The number of hydrogen-bond donors (Lipinski definition) is 1. The van der Waals surface area contributed by atoms with Crippen molar-refractivity contribution < 1.29 is 29.6 Å². The molecule has 8 heteroatoms. The summed E-state index contributed by atoms with van der Waals surface area (Å²) >= 11 is 3.66. The maximum atomic E-state index is 10.6. The number of rotatable bonds is 3. The van der Waals surface area contributed by atoms with Crippen LogP contribution in [-0.2, 0) is 10.2 Å². The van der Waals surface area contributed by atoms with Crippen molar-refractivity contribution in [3.63, 3.8) is 0 Å². The average molecular weight is 503 g/mol. The molecule has 1 atom stereocenters. The third-order valence-corrected chi connectivity index (χ3v) is 11.7. The van der Waals surface area contributed by atoms with Crippen LogP contribution in [0.1, 0.15) is 0 Å². The van der Waals surface area contributed by atoms with Crippen molar-refractivity contribution in [3.05, 3.63) is 0 Å². The van der Waals surface area contributed by atoms with Crippen LogP contribution in [0.15, 0.2) is 0 Å². The van der Waals surface area contributed by atoms with Gasteiger partial charge in [-0.1, -0.05) is 0 Å². The van der Waals surface area contributed by atoms with E-state index in [2.05, 4.69) is 22.6 Å². The van der Waals surface area contributed by atoms with Gasteiger partial charge in [0.2, 0.25) is 0 Å². The van der Waals surface area contributed by atoms with E-state index in [9.17, 15) is 8.42 Å². The van der Waals surface area contributed by atoms with Crippen LogP contribution in [0.25, 0.3) is 0 Å². The zero-order chi connectivity index (χ0) is 8.36. The molecule has 4 nitrogen and oxygen atoms in total. The fourth-order valence-electron chi connectivity index (χ4n) is 0.188. The van der Waals surface area contributed by atoms with E-state index in [1.807, 2.05) is 4.93 Å². The fraction of sp³-hybridized carbons (Fsp3) is 1.00. The Labute approximate surface area is 98.4 Å². The van der Waals surface area contributed by atoms with Gasteiger partial charge in [-0.25, -0.2) is 0 Å². The van der Waals surface area contributed by atoms with Gasteiger partial charge in [0.25, 0.3) is 0 Å². The first-order chi connectivity index (χ1) is 4.39. The number of halogens is 3. The topological polar surface area (TPSA) is 63.4 Å². The number of alkyl halides is 3. The summed E-state index contributed by atoms with van der Waals surface area (Å²) in [5.74, 6) is 0. The molecule has 0 aliphatic rings. The summed E-state index contributed by atoms with van der Waals surface area (Å²) in [5.41, 5.74) is 0. The third kappa shape index (κ3) is 4.18. The molecular formula is C2H6I3N2O2S-. The van der Waals surface area contributed by atoms with Crippen molar-refractivity contribution in [2.75, 3.05) is 4.93 Å². The molecule has 0 bridgehead atoms. The molecular weight excluding hydrogens is 497 g/mol. The predicted molar refractivity (Wildman–Crippen MR) is 52.7 cm³/mol. The van der Waals surface area contributed by atoms with Crippen molar-refractivity contribution in [2.45, 2.75) is 2.06 Å². The van der Waals surface area contributed by atoms with Crippen LogP contribution in [0.4, 0.5) is 0 Å². The van der Waals surface area contributed by atoms with Gasteiger partial charge in [-0.3, -0.25) is 0 Å². The van der Waals surface area contributed by atoms with Crippen molar-refractivity contribution in [1.82, 2.24) is 2.52 Å². The summed E-state index contributed by atoms with van der Waals surface area (Å²) in [7, 11) is -3.47. The molecule has 0 aliphatic carbocycles. The standard InChI is InChI=1S/C2H6I3N2O2S/c1-5-2(3)7(4)10(6,8)9/h2H,1H3,(H2,6,8,9)/q-1. The van der Waals surface area contributed by atoms with Crippen LogP contribution in [0.3, 0.4) is 0 Å². The molecule has 0 spiro atoms. The van der Waals surface area contributed by atoms with E-state index < -0.39 is 10.2 Å². The zero-order valence-electron chi connectivity index (χ0n) is 4.96. The molecule has 0 aromatic heterocycles. The number of nitrogens with zero attached hydrogens (tertiary/aromatic N) is 1. The molecule has 64 valence electrons. The molecule has 0 fully saturated rings. The van der Waals surface area contributed by atoms with E-state index in [1.54, 1.807) is 22.9 Å². The molecule has 0 heterocycles. The first-order valence-corrected chi connectivity index (χ1v) is 9.11. The monoisotopic (exact) mass is 503 g/mol. The Morgan fingerprint density at radius 1 is 1.70 bits per heavy atom. The van der Waals surface area contributed by atoms with Gasteiger partial charge in [0.1, 0.15) is 0 Å². The van der Waals surface area contributed by atoms with Gasteiger partial charge >= 0.3 is 99.9 Å². The Hall–Kier alpha value is 2.06. The first-order valence-electron chi connectivity index (χ1n) is 1.99. The van der Waals surface area contributed by atoms with E-state index in [1.165, 1.54) is 2.52 Å². The molecule has 0 saturated carbocycles. The van der Waals surface area contributed by atoms with Crippen LogP contribution in [0.5, 0.6) is 0 Å². The van der Waals surface area contributed by atoms with E-state index >= 15 is 0 Å². The summed E-state index contributed by atoms with van der Waals surface area (Å²) in [6, 6.07) is 0. The van der Waals surface area contributed by atoms with Crippen LogP contribution >= 0.6 is 45.5 Å². The molecule has 0 aromatic rings. The summed E-state index contributed by atoms with van der Waals surface area (Å²) in [4.78, 5) is 2.01. The molecule has 0 aromatic carbocycles. The molecule has 1 unspecified atom stereocenters. The normalized spacial score (nSPS) is 16.1. The van der Waals surface area contributed by atoms with E-state index in [-0.39, 0.29) is 23.3 Å². The van der Waals surface area contributed by atoms with Crippen LogP contribution in [0.2, 0.25) is 0 Å². The van der Waals surface area contributed by atoms with Gasteiger partial charge in [-0.2, -0.15) is 0 Å². The van der Waals surface area contributed by atoms with Crippen molar-refractivity contribution in [2.24, 2.45) is 5.14 Å². The Bertz CT molecular complexity index is 193. The molecule has 0 aliphatic heterocycles. The molecule has 0 amide bonds. The SMILES string of the molecule is C[I-]C(I)N(I)S(N)(=O)=O. The van der Waals surface area contributed by atoms with Gasteiger partial charge in [0.05, 0.1) is 0 Å². The van der Waals surface area contributed by atoms with E-state index in [0.29, 0.717) is 0 Å². The molecule has 0 rings (SSSR count). The Balaban J connectivity index is 4.23. The van der Waals surface area contributed by atoms with Crippen LogP contribution < -0.4 is 26.3 Å². The number of hydrogen-bond acceptors (Lipinski definition) is 2. The third-order valence-electron chi connectivity index (χ3n) is 0.577. The molecule has 2 N–H and O–H groups in total. The van der Waals surface area contributed by atoms with Crippen molar-refractivity contribution in [3.8, 4) is 0 Å². The molecule has 0 radical (unpaired) electrons.